The van der Waals surface area contributed by atoms with Gasteiger partial charge < -0.3 is 14.2 Å². The average molecular weight is 341 g/mol. The van der Waals surface area contributed by atoms with E-state index in [4.69, 9.17) is 14.2 Å². The van der Waals surface area contributed by atoms with Gasteiger partial charge in [-0.2, -0.15) is 0 Å². The molecule has 25 heavy (non-hydrogen) atoms. The van der Waals surface area contributed by atoms with Crippen LogP contribution in [-0.4, -0.2) is 31.3 Å². The number of pyridine rings is 1. The molecule has 0 aliphatic rings. The summed E-state index contributed by atoms with van der Waals surface area (Å²) >= 11 is 0. The van der Waals surface area contributed by atoms with Gasteiger partial charge in [0.1, 0.15) is 0 Å². The summed E-state index contributed by atoms with van der Waals surface area (Å²) in [6.45, 7) is 2.83. The third kappa shape index (κ3) is 6.30. The van der Waals surface area contributed by atoms with Crippen molar-refractivity contribution >= 4 is 12.0 Å². The Morgan fingerprint density at radius 3 is 2.84 bits per heavy atom. The fourth-order valence-corrected chi connectivity index (χ4v) is 2.27. The molecule has 0 N–H and O–H groups in total. The zero-order valence-corrected chi connectivity index (χ0v) is 14.6. The average Bonchev–Trinajstić information content (AvgIpc) is 2.65. The predicted octanol–water partition coefficient (Wildman–Crippen LogP) is 3.68. The Morgan fingerprint density at radius 1 is 1.24 bits per heavy atom. The highest BCUT2D eigenvalue weighted by atomic mass is 16.5. The molecule has 1 aromatic heterocycles. The molecule has 0 atom stereocenters. The fraction of sp³-hybridized carbons (Fsp3) is 0.300. The minimum absolute atomic E-state index is 0.361. The molecule has 5 nitrogen and oxygen atoms in total. The molecule has 0 aliphatic carbocycles. The molecule has 132 valence electrons. The summed E-state index contributed by atoms with van der Waals surface area (Å²) in [5, 5.41) is 0. The van der Waals surface area contributed by atoms with Crippen LogP contribution in [0, 0.1) is 0 Å². The maximum absolute atomic E-state index is 11.8. The first-order chi connectivity index (χ1) is 12.2. The number of esters is 1. The third-order valence-electron chi connectivity index (χ3n) is 3.48. The number of aromatic nitrogens is 1. The van der Waals surface area contributed by atoms with Crippen LogP contribution in [0.25, 0.3) is 6.08 Å². The van der Waals surface area contributed by atoms with Gasteiger partial charge in [0.05, 0.1) is 20.3 Å². The molecule has 1 heterocycles. The summed E-state index contributed by atoms with van der Waals surface area (Å²) < 4.78 is 16.0. The van der Waals surface area contributed by atoms with Crippen molar-refractivity contribution in [3.8, 4) is 11.5 Å². The number of rotatable bonds is 9. The second kappa shape index (κ2) is 10.1. The predicted molar refractivity (Wildman–Crippen MR) is 96.7 cm³/mol. The number of hydrogen-bond acceptors (Lipinski definition) is 5. The van der Waals surface area contributed by atoms with Crippen molar-refractivity contribution in [1.82, 2.24) is 4.98 Å². The zero-order valence-electron chi connectivity index (χ0n) is 14.6. The van der Waals surface area contributed by atoms with E-state index < -0.39 is 0 Å². The summed E-state index contributed by atoms with van der Waals surface area (Å²) in [6, 6.07) is 9.40. The first kappa shape index (κ1) is 18.5. The molecule has 2 aromatic rings. The molecular formula is C20H23NO4. The highest BCUT2D eigenvalue weighted by Crippen LogP contribution is 2.28. The largest absolute Gasteiger partial charge is 0.493 e. The Morgan fingerprint density at radius 2 is 2.12 bits per heavy atom. The molecule has 0 aliphatic heterocycles. The molecule has 1 aromatic carbocycles. The van der Waals surface area contributed by atoms with E-state index in [9.17, 15) is 4.79 Å². The van der Waals surface area contributed by atoms with E-state index in [1.54, 1.807) is 19.4 Å². The van der Waals surface area contributed by atoms with Gasteiger partial charge in [-0.3, -0.25) is 4.98 Å². The molecular weight excluding hydrogens is 318 g/mol. The zero-order chi connectivity index (χ0) is 17.9. The van der Waals surface area contributed by atoms with Gasteiger partial charge in [-0.15, -0.1) is 0 Å². The number of carbonyl (C=O) groups excluding carboxylic acids is 1. The molecule has 0 spiro atoms. The van der Waals surface area contributed by atoms with Crippen LogP contribution in [0.4, 0.5) is 0 Å². The number of aryl methyl sites for hydroxylation is 1. The summed E-state index contributed by atoms with van der Waals surface area (Å²) in [7, 11) is 1.59. The SMILES string of the molecule is CCOc1cc(C=CC(=O)OCCCc2cccnc2)ccc1OC. The number of carbonyl (C=O) groups is 1. The van der Waals surface area contributed by atoms with Crippen molar-refractivity contribution in [1.29, 1.82) is 0 Å². The van der Waals surface area contributed by atoms with Gasteiger partial charge >= 0.3 is 5.97 Å². The topological polar surface area (TPSA) is 57.7 Å². The van der Waals surface area contributed by atoms with Gasteiger partial charge in [-0.05, 0) is 55.2 Å². The molecule has 0 unspecified atom stereocenters. The molecule has 0 bridgehead atoms. The van der Waals surface area contributed by atoms with E-state index in [1.165, 1.54) is 6.08 Å². The van der Waals surface area contributed by atoms with Crippen molar-refractivity contribution in [2.24, 2.45) is 0 Å². The van der Waals surface area contributed by atoms with Crippen LogP contribution in [0.15, 0.2) is 48.8 Å². The molecule has 0 fully saturated rings. The first-order valence-electron chi connectivity index (χ1n) is 8.27. The Balaban J connectivity index is 1.80. The Labute approximate surface area is 148 Å². The second-order valence-electron chi connectivity index (χ2n) is 5.31. The number of nitrogens with zero attached hydrogens (tertiary/aromatic N) is 1. The lowest BCUT2D eigenvalue weighted by molar-refractivity contribution is -0.137. The minimum atomic E-state index is -0.361. The number of ether oxygens (including phenoxy) is 3. The maximum atomic E-state index is 11.8. The van der Waals surface area contributed by atoms with E-state index in [2.05, 4.69) is 4.98 Å². The van der Waals surface area contributed by atoms with Crippen LogP contribution in [0.5, 0.6) is 11.5 Å². The van der Waals surface area contributed by atoms with E-state index in [-0.39, 0.29) is 5.97 Å². The van der Waals surface area contributed by atoms with Gasteiger partial charge in [-0.25, -0.2) is 4.79 Å². The number of methoxy groups -OCH3 is 1. The monoisotopic (exact) mass is 341 g/mol. The van der Waals surface area contributed by atoms with Crippen LogP contribution in [-0.2, 0) is 16.0 Å². The quantitative estimate of drug-likeness (QED) is 0.396. The Hall–Kier alpha value is -2.82. The van der Waals surface area contributed by atoms with Crippen molar-refractivity contribution in [3.63, 3.8) is 0 Å². The minimum Gasteiger partial charge on any atom is -0.493 e. The summed E-state index contributed by atoms with van der Waals surface area (Å²) in [4.78, 5) is 15.8. The Kier molecular flexibility index (Phi) is 7.50. The Bertz CT molecular complexity index is 698. The van der Waals surface area contributed by atoms with E-state index in [1.807, 2.05) is 43.5 Å². The van der Waals surface area contributed by atoms with E-state index in [0.717, 1.165) is 24.0 Å². The van der Waals surface area contributed by atoms with Gasteiger partial charge in [0, 0.05) is 18.5 Å². The van der Waals surface area contributed by atoms with Crippen molar-refractivity contribution in [2.45, 2.75) is 19.8 Å². The number of benzene rings is 1. The highest BCUT2D eigenvalue weighted by Gasteiger charge is 2.04. The molecule has 0 radical (unpaired) electrons. The lowest BCUT2D eigenvalue weighted by Gasteiger charge is -2.09. The van der Waals surface area contributed by atoms with Crippen LogP contribution < -0.4 is 9.47 Å². The van der Waals surface area contributed by atoms with Crippen molar-refractivity contribution < 1.29 is 19.0 Å². The lowest BCUT2D eigenvalue weighted by Crippen LogP contribution is -2.03. The molecule has 2 rings (SSSR count). The standard InChI is InChI=1S/C20H23NO4/c1-3-24-19-14-16(8-10-18(19)23-2)9-11-20(22)25-13-5-7-17-6-4-12-21-15-17/h4,6,8-12,14-15H,3,5,7,13H2,1-2H3. The normalized spacial score (nSPS) is 10.6. The van der Waals surface area contributed by atoms with Crippen LogP contribution in [0.2, 0.25) is 0 Å². The van der Waals surface area contributed by atoms with E-state index >= 15 is 0 Å². The van der Waals surface area contributed by atoms with Crippen LogP contribution >= 0.6 is 0 Å². The van der Waals surface area contributed by atoms with Gasteiger partial charge in [0.15, 0.2) is 11.5 Å². The summed E-state index contributed by atoms with van der Waals surface area (Å²) in [5.41, 5.74) is 1.98. The highest BCUT2D eigenvalue weighted by molar-refractivity contribution is 5.87. The number of hydrogen-bond donors (Lipinski definition) is 0. The van der Waals surface area contributed by atoms with Gasteiger partial charge in [0.2, 0.25) is 0 Å². The first-order valence-corrected chi connectivity index (χ1v) is 8.27. The van der Waals surface area contributed by atoms with Gasteiger partial charge in [-0.1, -0.05) is 12.1 Å². The second-order valence-corrected chi connectivity index (χ2v) is 5.31. The van der Waals surface area contributed by atoms with Gasteiger partial charge in [0.25, 0.3) is 0 Å². The van der Waals surface area contributed by atoms with Crippen molar-refractivity contribution in [3.05, 3.63) is 59.9 Å². The molecule has 0 saturated heterocycles. The van der Waals surface area contributed by atoms with Crippen molar-refractivity contribution in [2.75, 3.05) is 20.3 Å². The molecule has 0 saturated carbocycles. The lowest BCUT2D eigenvalue weighted by atomic mass is 10.2. The van der Waals surface area contributed by atoms with E-state index in [0.29, 0.717) is 24.7 Å². The molecule has 5 heteroatoms. The van der Waals surface area contributed by atoms with Crippen LogP contribution in [0.1, 0.15) is 24.5 Å². The fourth-order valence-electron chi connectivity index (χ4n) is 2.27. The maximum Gasteiger partial charge on any atom is 0.330 e. The van der Waals surface area contributed by atoms with Crippen LogP contribution in [0.3, 0.4) is 0 Å². The summed E-state index contributed by atoms with van der Waals surface area (Å²) in [5.74, 6) is 0.953. The molecule has 0 amide bonds. The smallest absolute Gasteiger partial charge is 0.330 e. The third-order valence-corrected chi connectivity index (χ3v) is 3.48. The summed E-state index contributed by atoms with van der Waals surface area (Å²) in [6.07, 6.45) is 8.28.